The number of methoxy groups -OCH3 is 2. The maximum Gasteiger partial charge on any atom is 0.338 e. The quantitative estimate of drug-likeness (QED) is 0.366. The molecule has 3 aromatic carbocycles. The fourth-order valence-electron chi connectivity index (χ4n) is 3.44. The Morgan fingerprint density at radius 3 is 2.21 bits per heavy atom. The van der Waals surface area contributed by atoms with E-state index in [4.69, 9.17) is 14.2 Å². The number of hydrogen-bond donors (Lipinski definition) is 2. The van der Waals surface area contributed by atoms with Crippen LogP contribution in [0.5, 0.6) is 11.5 Å². The Labute approximate surface area is 196 Å². The van der Waals surface area contributed by atoms with Crippen molar-refractivity contribution in [1.82, 2.24) is 9.97 Å². The van der Waals surface area contributed by atoms with Crippen molar-refractivity contribution in [2.45, 2.75) is 19.4 Å². The topological polar surface area (TPSA) is 103 Å². The van der Waals surface area contributed by atoms with Crippen LogP contribution in [-0.4, -0.2) is 42.2 Å². The molecule has 0 bridgehead atoms. The van der Waals surface area contributed by atoms with E-state index in [1.54, 1.807) is 63.6 Å². The molecular formula is C26H25N3O5. The molecule has 1 heterocycles. The van der Waals surface area contributed by atoms with Gasteiger partial charge in [0.15, 0.2) is 6.10 Å². The predicted molar refractivity (Wildman–Crippen MR) is 129 cm³/mol. The summed E-state index contributed by atoms with van der Waals surface area (Å²) in [6, 6.07) is 19.5. The molecule has 0 spiro atoms. The highest BCUT2D eigenvalue weighted by Crippen LogP contribution is 2.24. The molecule has 174 valence electrons. The summed E-state index contributed by atoms with van der Waals surface area (Å²) in [7, 11) is 3.18. The van der Waals surface area contributed by atoms with E-state index in [-0.39, 0.29) is 0 Å². The van der Waals surface area contributed by atoms with Crippen LogP contribution >= 0.6 is 0 Å². The number of carbonyl (C=O) groups is 2. The fraction of sp³-hybridized carbons (Fsp3) is 0.192. The molecule has 0 fully saturated rings. The van der Waals surface area contributed by atoms with Crippen LogP contribution in [-0.2, 0) is 9.53 Å². The summed E-state index contributed by atoms with van der Waals surface area (Å²) in [6.45, 7) is 1.78. The third kappa shape index (κ3) is 5.01. The molecule has 8 nitrogen and oxygen atoms in total. The molecule has 4 rings (SSSR count). The van der Waals surface area contributed by atoms with Gasteiger partial charge in [0.1, 0.15) is 17.3 Å². The minimum Gasteiger partial charge on any atom is -0.497 e. The number of ether oxygens (including phenoxy) is 3. The number of imidazole rings is 1. The second-order valence-corrected chi connectivity index (χ2v) is 7.57. The lowest BCUT2D eigenvalue weighted by molar-refractivity contribution is -0.124. The van der Waals surface area contributed by atoms with Crippen molar-refractivity contribution in [3.05, 3.63) is 72.3 Å². The Hall–Kier alpha value is -4.33. The largest absolute Gasteiger partial charge is 0.497 e. The Morgan fingerprint density at radius 2 is 1.59 bits per heavy atom. The third-order valence-electron chi connectivity index (χ3n) is 5.35. The van der Waals surface area contributed by atoms with Gasteiger partial charge in [-0.1, -0.05) is 6.92 Å². The highest BCUT2D eigenvalue weighted by atomic mass is 16.5. The molecule has 0 radical (unpaired) electrons. The van der Waals surface area contributed by atoms with E-state index in [1.165, 1.54) is 0 Å². The summed E-state index contributed by atoms with van der Waals surface area (Å²) in [4.78, 5) is 33.2. The first kappa shape index (κ1) is 22.8. The average molecular weight is 460 g/mol. The van der Waals surface area contributed by atoms with Crippen molar-refractivity contribution in [2.75, 3.05) is 19.5 Å². The van der Waals surface area contributed by atoms with Crippen LogP contribution in [0.25, 0.3) is 22.4 Å². The number of benzene rings is 3. The van der Waals surface area contributed by atoms with Gasteiger partial charge in [0.2, 0.25) is 0 Å². The number of carbonyl (C=O) groups excluding carboxylic acids is 2. The number of fused-ring (bicyclic) bond motifs is 1. The molecule has 0 aliphatic heterocycles. The maximum atomic E-state index is 12.8. The zero-order valence-electron chi connectivity index (χ0n) is 19.1. The maximum absolute atomic E-state index is 12.8. The van der Waals surface area contributed by atoms with Crippen LogP contribution in [0.15, 0.2) is 66.7 Å². The molecule has 1 unspecified atom stereocenters. The van der Waals surface area contributed by atoms with Crippen molar-refractivity contribution < 1.29 is 23.8 Å². The van der Waals surface area contributed by atoms with Crippen molar-refractivity contribution >= 4 is 28.6 Å². The summed E-state index contributed by atoms with van der Waals surface area (Å²) >= 11 is 0. The molecule has 0 saturated carbocycles. The molecule has 1 aromatic heterocycles. The third-order valence-corrected chi connectivity index (χ3v) is 5.35. The van der Waals surface area contributed by atoms with Gasteiger partial charge in [-0.3, -0.25) is 4.79 Å². The number of anilines is 1. The van der Waals surface area contributed by atoms with Gasteiger partial charge in [0.25, 0.3) is 5.91 Å². The van der Waals surface area contributed by atoms with Crippen molar-refractivity contribution in [3.8, 4) is 22.9 Å². The molecule has 0 aliphatic rings. The van der Waals surface area contributed by atoms with E-state index in [0.29, 0.717) is 40.3 Å². The zero-order chi connectivity index (χ0) is 24.1. The highest BCUT2D eigenvalue weighted by molar-refractivity contribution is 5.99. The molecule has 0 aliphatic carbocycles. The molecule has 0 saturated heterocycles. The Kier molecular flexibility index (Phi) is 6.77. The molecular weight excluding hydrogens is 434 g/mol. The van der Waals surface area contributed by atoms with Crippen molar-refractivity contribution in [1.29, 1.82) is 0 Å². The van der Waals surface area contributed by atoms with Gasteiger partial charge in [0, 0.05) is 11.3 Å². The van der Waals surface area contributed by atoms with Gasteiger partial charge in [-0.2, -0.15) is 0 Å². The van der Waals surface area contributed by atoms with E-state index < -0.39 is 18.0 Å². The summed E-state index contributed by atoms with van der Waals surface area (Å²) in [5, 5.41) is 2.76. The lowest BCUT2D eigenvalue weighted by Crippen LogP contribution is -2.32. The number of H-pyrrole nitrogens is 1. The van der Waals surface area contributed by atoms with E-state index in [9.17, 15) is 9.59 Å². The minimum atomic E-state index is -0.929. The second-order valence-electron chi connectivity index (χ2n) is 7.57. The summed E-state index contributed by atoms with van der Waals surface area (Å²) in [5.41, 5.74) is 3.21. The number of aromatic amines is 1. The molecule has 4 aromatic rings. The van der Waals surface area contributed by atoms with Gasteiger partial charge in [-0.15, -0.1) is 0 Å². The smallest absolute Gasteiger partial charge is 0.338 e. The SMILES string of the molecule is CCC(OC(=O)c1ccc2nc(-c3ccc(OC)cc3)[nH]c2c1)C(=O)Nc1ccc(OC)cc1. The molecule has 8 heteroatoms. The average Bonchev–Trinajstić information content (AvgIpc) is 3.31. The first-order valence-electron chi connectivity index (χ1n) is 10.8. The van der Waals surface area contributed by atoms with Gasteiger partial charge < -0.3 is 24.5 Å². The highest BCUT2D eigenvalue weighted by Gasteiger charge is 2.22. The number of aromatic nitrogens is 2. The van der Waals surface area contributed by atoms with Gasteiger partial charge >= 0.3 is 5.97 Å². The lowest BCUT2D eigenvalue weighted by Gasteiger charge is -2.16. The van der Waals surface area contributed by atoms with E-state index in [0.717, 1.165) is 11.3 Å². The standard InChI is InChI=1S/C26H25N3O5/c1-4-23(25(30)27-18-8-12-20(33-3)13-9-18)34-26(31)17-7-14-21-22(15-17)29-24(28-21)16-5-10-19(32-2)11-6-16/h5-15,23H,4H2,1-3H3,(H,27,30)(H,28,29). The van der Waals surface area contributed by atoms with Gasteiger partial charge in [-0.25, -0.2) is 9.78 Å². The number of rotatable bonds is 8. The van der Waals surface area contributed by atoms with Crippen molar-refractivity contribution in [3.63, 3.8) is 0 Å². The van der Waals surface area contributed by atoms with Crippen LogP contribution < -0.4 is 14.8 Å². The van der Waals surface area contributed by atoms with Crippen LogP contribution in [0.1, 0.15) is 23.7 Å². The van der Waals surface area contributed by atoms with Gasteiger partial charge in [0.05, 0.1) is 30.8 Å². The molecule has 1 atom stereocenters. The van der Waals surface area contributed by atoms with Crippen molar-refractivity contribution in [2.24, 2.45) is 0 Å². The zero-order valence-corrected chi connectivity index (χ0v) is 19.1. The lowest BCUT2D eigenvalue weighted by atomic mass is 10.2. The second kappa shape index (κ2) is 10.1. The summed E-state index contributed by atoms with van der Waals surface area (Å²) in [6.07, 6.45) is -0.594. The Balaban J connectivity index is 1.46. The minimum absolute atomic E-state index is 0.327. The normalized spacial score (nSPS) is 11.6. The van der Waals surface area contributed by atoms with Crippen LogP contribution in [0.3, 0.4) is 0 Å². The number of amides is 1. The summed E-state index contributed by atoms with van der Waals surface area (Å²) < 4.78 is 15.8. The molecule has 34 heavy (non-hydrogen) atoms. The van der Waals surface area contributed by atoms with Crippen LogP contribution in [0.2, 0.25) is 0 Å². The number of esters is 1. The number of hydrogen-bond acceptors (Lipinski definition) is 6. The first-order chi connectivity index (χ1) is 16.5. The van der Waals surface area contributed by atoms with E-state index in [2.05, 4.69) is 15.3 Å². The number of nitrogens with one attached hydrogen (secondary N) is 2. The Morgan fingerprint density at radius 1 is 0.941 bits per heavy atom. The van der Waals surface area contributed by atoms with Gasteiger partial charge in [-0.05, 0) is 73.2 Å². The fourth-order valence-corrected chi connectivity index (χ4v) is 3.44. The van der Waals surface area contributed by atoms with E-state index in [1.807, 2.05) is 24.3 Å². The predicted octanol–water partition coefficient (Wildman–Crippen LogP) is 4.82. The molecule has 2 N–H and O–H groups in total. The summed E-state index contributed by atoms with van der Waals surface area (Å²) in [5.74, 6) is 1.13. The van der Waals surface area contributed by atoms with Crippen LogP contribution in [0, 0.1) is 0 Å². The van der Waals surface area contributed by atoms with Crippen LogP contribution in [0.4, 0.5) is 5.69 Å². The molecule has 1 amide bonds. The monoisotopic (exact) mass is 459 g/mol. The number of nitrogens with zero attached hydrogens (tertiary/aromatic N) is 1. The Bertz CT molecular complexity index is 1300. The van der Waals surface area contributed by atoms with E-state index >= 15 is 0 Å². The first-order valence-corrected chi connectivity index (χ1v) is 10.8.